The summed E-state index contributed by atoms with van der Waals surface area (Å²) in [5.41, 5.74) is 0.0773. The average molecular weight is 291 g/mol. The Kier molecular flexibility index (Phi) is 3.90. The number of hydrogen-bond acceptors (Lipinski definition) is 6. The Bertz CT molecular complexity index is 530. The number of anilines is 2. The minimum atomic E-state index is -0.317. The maximum Gasteiger partial charge on any atom is 0.353 e. The van der Waals surface area contributed by atoms with Crippen molar-refractivity contribution in [1.82, 2.24) is 9.97 Å². The van der Waals surface area contributed by atoms with Crippen molar-refractivity contribution >= 4 is 17.3 Å². The Hall–Kier alpha value is -1.92. The Morgan fingerprint density at radius 1 is 1.14 bits per heavy atom. The molecule has 114 valence electrons. The van der Waals surface area contributed by atoms with Crippen LogP contribution in [0.15, 0.2) is 6.33 Å². The first-order chi connectivity index (χ1) is 10.2. The standard InChI is InChI=1S/C14H21N5O2/c1-11-5-4-8-18(9-11)14-12(19(20)21)13(15-10-16-14)17-6-2-3-7-17/h10-11H,2-9H2,1H3. The van der Waals surface area contributed by atoms with Crippen LogP contribution in [0.25, 0.3) is 0 Å². The maximum absolute atomic E-state index is 11.6. The number of nitrogens with zero attached hydrogens (tertiary/aromatic N) is 5. The van der Waals surface area contributed by atoms with E-state index < -0.39 is 0 Å². The van der Waals surface area contributed by atoms with Gasteiger partial charge in [-0.15, -0.1) is 0 Å². The third-order valence-corrected chi connectivity index (χ3v) is 4.33. The van der Waals surface area contributed by atoms with Gasteiger partial charge >= 0.3 is 5.69 Å². The summed E-state index contributed by atoms with van der Waals surface area (Å²) in [6, 6.07) is 0. The molecule has 0 saturated carbocycles. The molecule has 0 radical (unpaired) electrons. The Morgan fingerprint density at radius 3 is 2.38 bits per heavy atom. The first-order valence-corrected chi connectivity index (χ1v) is 7.66. The predicted molar refractivity (Wildman–Crippen MR) is 80.7 cm³/mol. The van der Waals surface area contributed by atoms with Crippen LogP contribution in [0.3, 0.4) is 0 Å². The topological polar surface area (TPSA) is 75.4 Å². The van der Waals surface area contributed by atoms with Crippen LogP contribution in [0.2, 0.25) is 0 Å². The molecule has 1 aromatic heterocycles. The van der Waals surface area contributed by atoms with Crippen molar-refractivity contribution in [2.24, 2.45) is 5.92 Å². The van der Waals surface area contributed by atoms with E-state index in [4.69, 9.17) is 0 Å². The molecule has 1 atom stereocenters. The van der Waals surface area contributed by atoms with E-state index >= 15 is 0 Å². The van der Waals surface area contributed by atoms with Crippen molar-refractivity contribution in [3.8, 4) is 0 Å². The van der Waals surface area contributed by atoms with Crippen LogP contribution in [-0.4, -0.2) is 41.1 Å². The van der Waals surface area contributed by atoms with Crippen molar-refractivity contribution in [2.75, 3.05) is 36.0 Å². The lowest BCUT2D eigenvalue weighted by atomic mass is 10.0. The Morgan fingerprint density at radius 2 is 1.76 bits per heavy atom. The van der Waals surface area contributed by atoms with Crippen LogP contribution in [0.1, 0.15) is 32.6 Å². The molecule has 21 heavy (non-hydrogen) atoms. The van der Waals surface area contributed by atoms with Gasteiger partial charge in [-0.3, -0.25) is 10.1 Å². The van der Waals surface area contributed by atoms with Gasteiger partial charge in [0, 0.05) is 26.2 Å². The molecule has 0 aromatic carbocycles. The lowest BCUT2D eigenvalue weighted by molar-refractivity contribution is -0.383. The molecule has 0 spiro atoms. The SMILES string of the molecule is CC1CCCN(c2ncnc(N3CCCC3)c2[N+](=O)[O-])C1. The highest BCUT2D eigenvalue weighted by molar-refractivity contribution is 5.71. The van der Waals surface area contributed by atoms with Gasteiger partial charge in [-0.05, 0) is 31.6 Å². The van der Waals surface area contributed by atoms with Crippen LogP contribution >= 0.6 is 0 Å². The lowest BCUT2D eigenvalue weighted by Crippen LogP contribution is -2.35. The molecule has 1 unspecified atom stereocenters. The molecule has 7 nitrogen and oxygen atoms in total. The minimum Gasteiger partial charge on any atom is -0.351 e. The van der Waals surface area contributed by atoms with Crippen LogP contribution in [0.5, 0.6) is 0 Å². The van der Waals surface area contributed by atoms with Crippen molar-refractivity contribution in [3.63, 3.8) is 0 Å². The monoisotopic (exact) mass is 291 g/mol. The third kappa shape index (κ3) is 2.77. The zero-order valence-corrected chi connectivity index (χ0v) is 12.4. The molecular formula is C14H21N5O2. The van der Waals surface area contributed by atoms with Crippen molar-refractivity contribution in [3.05, 3.63) is 16.4 Å². The van der Waals surface area contributed by atoms with E-state index in [9.17, 15) is 10.1 Å². The van der Waals surface area contributed by atoms with Crippen molar-refractivity contribution < 1.29 is 4.92 Å². The molecule has 3 heterocycles. The fourth-order valence-electron chi connectivity index (χ4n) is 3.30. The summed E-state index contributed by atoms with van der Waals surface area (Å²) in [5, 5.41) is 11.6. The second-order valence-corrected chi connectivity index (χ2v) is 6.01. The normalized spacial score (nSPS) is 22.6. The maximum atomic E-state index is 11.6. The molecule has 2 saturated heterocycles. The molecule has 1 aromatic rings. The fraction of sp³-hybridized carbons (Fsp3) is 0.714. The predicted octanol–water partition coefficient (Wildman–Crippen LogP) is 2.22. The van der Waals surface area contributed by atoms with Gasteiger partial charge in [0.1, 0.15) is 6.33 Å². The molecule has 7 heteroatoms. The summed E-state index contributed by atoms with van der Waals surface area (Å²) in [6.07, 6.45) is 5.83. The van der Waals surface area contributed by atoms with Gasteiger partial charge in [-0.25, -0.2) is 9.97 Å². The van der Waals surface area contributed by atoms with Gasteiger partial charge in [-0.1, -0.05) is 6.92 Å². The zero-order chi connectivity index (χ0) is 14.8. The van der Waals surface area contributed by atoms with Crippen LogP contribution < -0.4 is 9.80 Å². The highest BCUT2D eigenvalue weighted by atomic mass is 16.6. The quantitative estimate of drug-likeness (QED) is 0.628. The second kappa shape index (κ2) is 5.83. The van der Waals surface area contributed by atoms with Crippen LogP contribution in [-0.2, 0) is 0 Å². The van der Waals surface area contributed by atoms with Gasteiger partial charge in [0.05, 0.1) is 4.92 Å². The van der Waals surface area contributed by atoms with E-state index in [0.29, 0.717) is 17.6 Å². The van der Waals surface area contributed by atoms with Crippen molar-refractivity contribution in [2.45, 2.75) is 32.6 Å². The second-order valence-electron chi connectivity index (χ2n) is 6.01. The molecule has 0 aliphatic carbocycles. The minimum absolute atomic E-state index is 0.0773. The Labute approximate surface area is 124 Å². The number of nitro groups is 1. The van der Waals surface area contributed by atoms with Crippen LogP contribution in [0.4, 0.5) is 17.3 Å². The van der Waals surface area contributed by atoms with E-state index in [1.54, 1.807) is 0 Å². The summed E-state index contributed by atoms with van der Waals surface area (Å²) in [4.78, 5) is 23.8. The molecule has 2 aliphatic heterocycles. The zero-order valence-electron chi connectivity index (χ0n) is 12.4. The number of rotatable bonds is 3. The molecule has 0 bridgehead atoms. The van der Waals surface area contributed by atoms with E-state index in [1.807, 2.05) is 9.80 Å². The van der Waals surface area contributed by atoms with E-state index in [1.165, 1.54) is 12.7 Å². The van der Waals surface area contributed by atoms with Gasteiger partial charge in [0.15, 0.2) is 0 Å². The fourth-order valence-corrected chi connectivity index (χ4v) is 3.30. The number of hydrogen-bond donors (Lipinski definition) is 0. The smallest absolute Gasteiger partial charge is 0.351 e. The first-order valence-electron chi connectivity index (χ1n) is 7.66. The number of aromatic nitrogens is 2. The molecule has 3 rings (SSSR count). The van der Waals surface area contributed by atoms with Crippen molar-refractivity contribution in [1.29, 1.82) is 0 Å². The largest absolute Gasteiger partial charge is 0.353 e. The third-order valence-electron chi connectivity index (χ3n) is 4.33. The molecule has 2 fully saturated rings. The summed E-state index contributed by atoms with van der Waals surface area (Å²) < 4.78 is 0. The number of piperidine rings is 1. The van der Waals surface area contributed by atoms with E-state index in [0.717, 1.165) is 45.4 Å². The van der Waals surface area contributed by atoms with Gasteiger partial charge in [0.2, 0.25) is 11.6 Å². The molecule has 2 aliphatic rings. The van der Waals surface area contributed by atoms with Gasteiger partial charge in [-0.2, -0.15) is 0 Å². The summed E-state index contributed by atoms with van der Waals surface area (Å²) in [7, 11) is 0. The summed E-state index contributed by atoms with van der Waals surface area (Å²) in [5.74, 6) is 1.52. The Balaban J connectivity index is 1.99. The van der Waals surface area contributed by atoms with Crippen LogP contribution in [0, 0.1) is 16.0 Å². The lowest BCUT2D eigenvalue weighted by Gasteiger charge is -2.31. The molecular weight excluding hydrogens is 270 g/mol. The summed E-state index contributed by atoms with van der Waals surface area (Å²) >= 11 is 0. The highest BCUT2D eigenvalue weighted by Gasteiger charge is 2.32. The molecule has 0 N–H and O–H groups in total. The van der Waals surface area contributed by atoms with E-state index in [2.05, 4.69) is 16.9 Å². The highest BCUT2D eigenvalue weighted by Crippen LogP contribution is 2.36. The van der Waals surface area contributed by atoms with Gasteiger partial charge in [0.25, 0.3) is 0 Å². The first kappa shape index (κ1) is 14.0. The average Bonchev–Trinajstić information content (AvgIpc) is 3.00. The van der Waals surface area contributed by atoms with E-state index in [-0.39, 0.29) is 10.6 Å². The molecule has 0 amide bonds. The van der Waals surface area contributed by atoms with Gasteiger partial charge < -0.3 is 9.80 Å². The summed E-state index contributed by atoms with van der Waals surface area (Å²) in [6.45, 7) is 5.53.